The molecule has 1 atom stereocenters. The summed E-state index contributed by atoms with van der Waals surface area (Å²) in [5.74, 6) is -1.85. The first-order chi connectivity index (χ1) is 11.0. The number of rotatable bonds is 5. The number of carboxylic acids is 1. The Kier molecular flexibility index (Phi) is 3.89. The smallest absolute Gasteiger partial charge is 0.308 e. The molecule has 2 aliphatic rings. The summed E-state index contributed by atoms with van der Waals surface area (Å²) >= 11 is 0. The molecule has 0 aromatic heterocycles. The highest BCUT2D eigenvalue weighted by Gasteiger charge is 2.32. The maximum Gasteiger partial charge on any atom is 0.308 e. The number of nitrogens with zero attached hydrogens (tertiary/aromatic N) is 2. The first kappa shape index (κ1) is 15.3. The predicted octanol–water partition coefficient (Wildman–Crippen LogP) is 1.72. The van der Waals surface area contributed by atoms with Gasteiger partial charge in [0.15, 0.2) is 0 Å². The van der Waals surface area contributed by atoms with Crippen molar-refractivity contribution in [3.05, 3.63) is 33.9 Å². The second kappa shape index (κ2) is 5.86. The van der Waals surface area contributed by atoms with Crippen LogP contribution >= 0.6 is 0 Å². The molecule has 0 bridgehead atoms. The molecule has 1 aliphatic heterocycles. The summed E-state index contributed by atoms with van der Waals surface area (Å²) in [6.45, 7) is 0.496. The topological polar surface area (TPSA) is 113 Å². The van der Waals surface area contributed by atoms with Crippen molar-refractivity contribution in [1.82, 2.24) is 4.90 Å². The molecule has 8 heteroatoms. The number of carbonyl (C=O) groups excluding carboxylic acids is 1. The van der Waals surface area contributed by atoms with E-state index in [0.717, 1.165) is 12.8 Å². The molecule has 2 fully saturated rings. The van der Waals surface area contributed by atoms with Crippen LogP contribution in [0.2, 0.25) is 0 Å². The van der Waals surface area contributed by atoms with E-state index in [1.54, 1.807) is 12.1 Å². The molecule has 1 unspecified atom stereocenters. The zero-order valence-corrected chi connectivity index (χ0v) is 12.4. The van der Waals surface area contributed by atoms with Gasteiger partial charge in [0.25, 0.3) is 11.6 Å². The summed E-state index contributed by atoms with van der Waals surface area (Å²) in [6.07, 6.45) is 2.38. The van der Waals surface area contributed by atoms with Gasteiger partial charge >= 0.3 is 5.97 Å². The summed E-state index contributed by atoms with van der Waals surface area (Å²) in [7, 11) is 0. The Hall–Kier alpha value is -2.64. The number of amides is 1. The number of hydrogen-bond donors (Lipinski definition) is 2. The lowest BCUT2D eigenvalue weighted by Gasteiger charge is -2.16. The van der Waals surface area contributed by atoms with E-state index >= 15 is 0 Å². The number of carboxylic acid groups (broad SMARTS) is 1. The third-order valence-electron chi connectivity index (χ3n) is 4.20. The summed E-state index contributed by atoms with van der Waals surface area (Å²) in [5.41, 5.74) is 0.500. The van der Waals surface area contributed by atoms with Crippen molar-refractivity contribution >= 4 is 23.3 Å². The van der Waals surface area contributed by atoms with Gasteiger partial charge < -0.3 is 15.3 Å². The van der Waals surface area contributed by atoms with E-state index in [9.17, 15) is 19.7 Å². The summed E-state index contributed by atoms with van der Waals surface area (Å²) in [5, 5.41) is 23.3. The molecule has 23 heavy (non-hydrogen) atoms. The van der Waals surface area contributed by atoms with Crippen LogP contribution < -0.4 is 5.32 Å². The van der Waals surface area contributed by atoms with Gasteiger partial charge in [-0.05, 0) is 31.4 Å². The van der Waals surface area contributed by atoms with Crippen molar-refractivity contribution < 1.29 is 19.6 Å². The van der Waals surface area contributed by atoms with Crippen LogP contribution in [0.1, 0.15) is 29.6 Å². The molecule has 1 aromatic carbocycles. The number of nitro groups is 1. The van der Waals surface area contributed by atoms with E-state index in [1.165, 1.54) is 11.0 Å². The van der Waals surface area contributed by atoms with Crippen LogP contribution in [0.25, 0.3) is 0 Å². The lowest BCUT2D eigenvalue weighted by Crippen LogP contribution is -2.30. The van der Waals surface area contributed by atoms with Gasteiger partial charge in [-0.25, -0.2) is 0 Å². The third-order valence-corrected chi connectivity index (χ3v) is 4.20. The normalized spacial score (nSPS) is 20.3. The molecule has 1 saturated carbocycles. The van der Waals surface area contributed by atoms with Crippen LogP contribution in [0.3, 0.4) is 0 Å². The Morgan fingerprint density at radius 2 is 2.04 bits per heavy atom. The number of hydrogen-bond acceptors (Lipinski definition) is 5. The molecule has 2 N–H and O–H groups in total. The number of aliphatic carboxylic acids is 1. The zero-order chi connectivity index (χ0) is 16.6. The van der Waals surface area contributed by atoms with Crippen molar-refractivity contribution in [2.45, 2.75) is 25.3 Å². The highest BCUT2D eigenvalue weighted by atomic mass is 16.6. The summed E-state index contributed by atoms with van der Waals surface area (Å²) in [6, 6.07) is 4.63. The van der Waals surface area contributed by atoms with Gasteiger partial charge in [-0.15, -0.1) is 0 Å². The van der Waals surface area contributed by atoms with E-state index in [-0.39, 0.29) is 29.7 Å². The molecule has 8 nitrogen and oxygen atoms in total. The first-order valence-electron chi connectivity index (χ1n) is 7.53. The minimum Gasteiger partial charge on any atom is -0.481 e. The van der Waals surface area contributed by atoms with Crippen LogP contribution in [0.15, 0.2) is 18.2 Å². The first-order valence-corrected chi connectivity index (χ1v) is 7.53. The molecule has 1 saturated heterocycles. The van der Waals surface area contributed by atoms with Gasteiger partial charge in [-0.3, -0.25) is 19.7 Å². The molecular formula is C15H17N3O5. The fourth-order valence-electron chi connectivity index (χ4n) is 2.71. The lowest BCUT2D eigenvalue weighted by atomic mass is 10.1. The Bertz CT molecular complexity index is 671. The monoisotopic (exact) mass is 319 g/mol. The number of anilines is 1. The van der Waals surface area contributed by atoms with Gasteiger partial charge in [0, 0.05) is 30.8 Å². The molecule has 1 amide bonds. The van der Waals surface area contributed by atoms with E-state index in [4.69, 9.17) is 5.11 Å². The number of benzene rings is 1. The number of carbonyl (C=O) groups is 2. The van der Waals surface area contributed by atoms with Crippen molar-refractivity contribution in [1.29, 1.82) is 0 Å². The summed E-state index contributed by atoms with van der Waals surface area (Å²) in [4.78, 5) is 35.5. The van der Waals surface area contributed by atoms with Crippen LogP contribution in [0.5, 0.6) is 0 Å². The molecule has 0 spiro atoms. The molecule has 0 radical (unpaired) electrons. The molecule has 1 heterocycles. The Balaban J connectivity index is 1.79. The van der Waals surface area contributed by atoms with E-state index in [0.29, 0.717) is 18.7 Å². The largest absolute Gasteiger partial charge is 0.481 e. The SMILES string of the molecule is O=C(O)C1CCN(C(=O)c2ccc(NC3CC3)c([N+](=O)[O-])c2)C1. The zero-order valence-electron chi connectivity index (χ0n) is 12.4. The van der Waals surface area contributed by atoms with Gasteiger partial charge in [0.1, 0.15) is 5.69 Å². The van der Waals surface area contributed by atoms with Gasteiger partial charge in [0.2, 0.25) is 0 Å². The Morgan fingerprint density at radius 1 is 1.30 bits per heavy atom. The van der Waals surface area contributed by atoms with Gasteiger partial charge in [-0.2, -0.15) is 0 Å². The average molecular weight is 319 g/mol. The molecule has 1 aliphatic carbocycles. The quantitative estimate of drug-likeness (QED) is 0.631. The maximum absolute atomic E-state index is 12.4. The van der Waals surface area contributed by atoms with Gasteiger partial charge in [-0.1, -0.05) is 0 Å². The van der Waals surface area contributed by atoms with Crippen molar-refractivity contribution in [3.63, 3.8) is 0 Å². The van der Waals surface area contributed by atoms with Crippen LogP contribution in [-0.2, 0) is 4.79 Å². The standard InChI is InChI=1S/C15H17N3O5/c19-14(17-6-5-10(8-17)15(20)21)9-1-4-12(16-11-2-3-11)13(7-9)18(22)23/h1,4,7,10-11,16H,2-3,5-6,8H2,(H,20,21). The van der Waals surface area contributed by atoms with E-state index < -0.39 is 16.8 Å². The van der Waals surface area contributed by atoms with E-state index in [2.05, 4.69) is 5.32 Å². The highest BCUT2D eigenvalue weighted by Crippen LogP contribution is 2.32. The maximum atomic E-state index is 12.4. The second-order valence-electron chi connectivity index (χ2n) is 5.98. The number of likely N-dealkylation sites (tertiary alicyclic amines) is 1. The van der Waals surface area contributed by atoms with Crippen LogP contribution in [0.4, 0.5) is 11.4 Å². The molecule has 1 aromatic rings. The fourth-order valence-corrected chi connectivity index (χ4v) is 2.71. The van der Waals surface area contributed by atoms with Crippen molar-refractivity contribution in [2.24, 2.45) is 5.92 Å². The molecule has 122 valence electrons. The highest BCUT2D eigenvalue weighted by molar-refractivity contribution is 5.96. The summed E-state index contributed by atoms with van der Waals surface area (Å²) < 4.78 is 0. The number of nitro benzene ring substituents is 1. The lowest BCUT2D eigenvalue weighted by molar-refractivity contribution is -0.384. The minimum atomic E-state index is -0.921. The Labute approximate surface area is 132 Å². The van der Waals surface area contributed by atoms with Crippen LogP contribution in [-0.4, -0.2) is 45.9 Å². The molecular weight excluding hydrogens is 302 g/mol. The van der Waals surface area contributed by atoms with Crippen molar-refractivity contribution in [2.75, 3.05) is 18.4 Å². The predicted molar refractivity (Wildman–Crippen MR) is 81.4 cm³/mol. The van der Waals surface area contributed by atoms with Crippen molar-refractivity contribution in [3.8, 4) is 0 Å². The van der Waals surface area contributed by atoms with Crippen LogP contribution in [0, 0.1) is 16.0 Å². The minimum absolute atomic E-state index is 0.128. The van der Waals surface area contributed by atoms with E-state index in [1.807, 2.05) is 0 Å². The third kappa shape index (κ3) is 3.25. The van der Waals surface area contributed by atoms with Gasteiger partial charge in [0.05, 0.1) is 10.8 Å². The second-order valence-corrected chi connectivity index (χ2v) is 5.98. The molecule has 3 rings (SSSR count). The average Bonchev–Trinajstić information content (AvgIpc) is 3.18. The number of nitrogens with one attached hydrogen (secondary N) is 1. The fraction of sp³-hybridized carbons (Fsp3) is 0.467. The Morgan fingerprint density at radius 3 is 2.61 bits per heavy atom.